The van der Waals surface area contributed by atoms with Crippen LogP contribution in [0.1, 0.15) is 23.5 Å². The molecule has 6 heteroatoms. The minimum absolute atomic E-state index is 0.205. The van der Waals surface area contributed by atoms with Gasteiger partial charge in [-0.1, -0.05) is 78.9 Å². The van der Waals surface area contributed by atoms with Crippen LogP contribution in [0.5, 0.6) is 0 Å². The third kappa shape index (κ3) is 6.12. The van der Waals surface area contributed by atoms with Gasteiger partial charge in [0, 0.05) is 10.6 Å². The Hall–Kier alpha value is -3.25. The Morgan fingerprint density at radius 1 is 0.839 bits per heavy atom. The van der Waals surface area contributed by atoms with Crippen LogP contribution in [0.15, 0.2) is 95.9 Å². The molecule has 0 saturated carbocycles. The van der Waals surface area contributed by atoms with Crippen molar-refractivity contribution in [1.29, 1.82) is 0 Å². The number of amides is 1. The standard InChI is InChI=1S/C25H25NO4S/c1-30-25(28)22(17-18-31(29)21-15-9-4-10-16-21)26-24(27)23(19-11-5-2-6-12-19)20-13-7-3-8-14-20/h2-16,22-23H,17-18H2,1H3,(H,26,27)/t22-,31-/m1/s1. The molecule has 0 aliphatic carbocycles. The van der Waals surface area contributed by atoms with Crippen molar-refractivity contribution in [2.24, 2.45) is 0 Å². The monoisotopic (exact) mass is 435 g/mol. The van der Waals surface area contributed by atoms with E-state index in [1.165, 1.54) is 7.11 Å². The van der Waals surface area contributed by atoms with E-state index >= 15 is 0 Å². The lowest BCUT2D eigenvalue weighted by Gasteiger charge is -2.22. The summed E-state index contributed by atoms with van der Waals surface area (Å²) in [5.74, 6) is -1.21. The predicted octanol–water partition coefficient (Wildman–Crippen LogP) is 3.67. The highest BCUT2D eigenvalue weighted by Crippen LogP contribution is 2.25. The summed E-state index contributed by atoms with van der Waals surface area (Å²) < 4.78 is 17.5. The van der Waals surface area contributed by atoms with Crippen LogP contribution in [0.3, 0.4) is 0 Å². The fourth-order valence-corrected chi connectivity index (χ4v) is 4.49. The van der Waals surface area contributed by atoms with Gasteiger partial charge in [0.25, 0.3) is 0 Å². The van der Waals surface area contributed by atoms with Gasteiger partial charge in [-0.25, -0.2) is 4.79 Å². The molecule has 0 radical (unpaired) electrons. The van der Waals surface area contributed by atoms with Gasteiger partial charge >= 0.3 is 5.97 Å². The molecule has 0 aliphatic heterocycles. The fourth-order valence-electron chi connectivity index (χ4n) is 3.35. The van der Waals surface area contributed by atoms with Gasteiger partial charge in [0.2, 0.25) is 5.91 Å². The second kappa shape index (κ2) is 11.2. The van der Waals surface area contributed by atoms with E-state index in [2.05, 4.69) is 5.32 Å². The van der Waals surface area contributed by atoms with Gasteiger partial charge in [-0.05, 0) is 29.7 Å². The summed E-state index contributed by atoms with van der Waals surface area (Å²) in [6.45, 7) is 0. The van der Waals surface area contributed by atoms with Crippen molar-refractivity contribution in [3.63, 3.8) is 0 Å². The van der Waals surface area contributed by atoms with Crippen molar-refractivity contribution in [3.8, 4) is 0 Å². The maximum atomic E-state index is 13.3. The molecule has 0 heterocycles. The van der Waals surface area contributed by atoms with E-state index < -0.39 is 28.7 Å². The largest absolute Gasteiger partial charge is 0.467 e. The van der Waals surface area contributed by atoms with Crippen LogP contribution in [0.25, 0.3) is 0 Å². The first-order chi connectivity index (χ1) is 15.1. The number of rotatable bonds is 9. The van der Waals surface area contributed by atoms with Crippen molar-refractivity contribution in [3.05, 3.63) is 102 Å². The second-order valence-electron chi connectivity index (χ2n) is 6.99. The molecule has 5 nitrogen and oxygen atoms in total. The van der Waals surface area contributed by atoms with Crippen molar-refractivity contribution in [1.82, 2.24) is 5.32 Å². The predicted molar refractivity (Wildman–Crippen MR) is 121 cm³/mol. The van der Waals surface area contributed by atoms with Crippen LogP contribution in [0, 0.1) is 0 Å². The molecular formula is C25H25NO4S. The molecule has 1 amide bonds. The first-order valence-corrected chi connectivity index (χ1v) is 11.3. The molecule has 160 valence electrons. The van der Waals surface area contributed by atoms with Gasteiger partial charge in [-0.2, -0.15) is 0 Å². The zero-order valence-corrected chi connectivity index (χ0v) is 18.1. The van der Waals surface area contributed by atoms with Crippen molar-refractivity contribution >= 4 is 22.7 Å². The first kappa shape index (κ1) is 22.4. The zero-order chi connectivity index (χ0) is 22.1. The van der Waals surface area contributed by atoms with E-state index in [0.717, 1.165) is 11.1 Å². The van der Waals surface area contributed by atoms with E-state index in [9.17, 15) is 13.8 Å². The summed E-state index contributed by atoms with van der Waals surface area (Å²) >= 11 is 0. The highest BCUT2D eigenvalue weighted by atomic mass is 32.2. The molecule has 2 atom stereocenters. The number of ether oxygens (including phenoxy) is 1. The van der Waals surface area contributed by atoms with Crippen molar-refractivity contribution in [2.45, 2.75) is 23.3 Å². The van der Waals surface area contributed by atoms with Crippen molar-refractivity contribution < 1.29 is 18.5 Å². The molecule has 3 rings (SSSR count). The Morgan fingerprint density at radius 3 is 1.81 bits per heavy atom. The van der Waals surface area contributed by atoms with Crippen LogP contribution in [0.2, 0.25) is 0 Å². The minimum Gasteiger partial charge on any atom is -0.467 e. The number of methoxy groups -OCH3 is 1. The Balaban J connectivity index is 1.78. The third-order valence-corrected chi connectivity index (χ3v) is 6.33. The van der Waals surface area contributed by atoms with E-state index in [4.69, 9.17) is 4.74 Å². The molecule has 0 aromatic heterocycles. The molecular weight excluding hydrogens is 410 g/mol. The van der Waals surface area contributed by atoms with Gasteiger partial charge in [0.1, 0.15) is 6.04 Å². The van der Waals surface area contributed by atoms with Gasteiger partial charge < -0.3 is 10.1 Å². The Labute approximate surface area is 184 Å². The SMILES string of the molecule is COC(=O)[C@@H](CC[S@@](=O)c1ccccc1)NC(=O)C(c1ccccc1)c1ccccc1. The Kier molecular flexibility index (Phi) is 8.12. The van der Waals surface area contributed by atoms with E-state index in [0.29, 0.717) is 4.90 Å². The maximum Gasteiger partial charge on any atom is 0.328 e. The number of esters is 1. The highest BCUT2D eigenvalue weighted by Gasteiger charge is 2.28. The van der Waals surface area contributed by atoms with Crippen molar-refractivity contribution in [2.75, 3.05) is 12.9 Å². The summed E-state index contributed by atoms with van der Waals surface area (Å²) in [4.78, 5) is 26.3. The van der Waals surface area contributed by atoms with Gasteiger partial charge in [-0.3, -0.25) is 9.00 Å². The van der Waals surface area contributed by atoms with Crippen LogP contribution in [-0.2, 0) is 25.1 Å². The van der Waals surface area contributed by atoms with E-state index in [-0.39, 0.29) is 18.1 Å². The van der Waals surface area contributed by atoms with E-state index in [1.54, 1.807) is 12.1 Å². The zero-order valence-electron chi connectivity index (χ0n) is 17.3. The molecule has 31 heavy (non-hydrogen) atoms. The molecule has 1 N–H and O–H groups in total. The van der Waals surface area contributed by atoms with E-state index in [1.807, 2.05) is 78.9 Å². The average molecular weight is 436 g/mol. The van der Waals surface area contributed by atoms with Gasteiger partial charge in [0.15, 0.2) is 0 Å². The molecule has 0 spiro atoms. The smallest absolute Gasteiger partial charge is 0.328 e. The summed E-state index contributed by atoms with van der Waals surface area (Å²) in [6.07, 6.45) is 0.205. The lowest BCUT2D eigenvalue weighted by atomic mass is 9.90. The Morgan fingerprint density at radius 2 is 1.32 bits per heavy atom. The average Bonchev–Trinajstić information content (AvgIpc) is 2.83. The summed E-state index contributed by atoms with van der Waals surface area (Å²) in [7, 11) is 0.000211. The Bertz CT molecular complexity index is 970. The number of hydrogen-bond donors (Lipinski definition) is 1. The third-order valence-electron chi connectivity index (χ3n) is 4.93. The van der Waals surface area contributed by atoms with Gasteiger partial charge in [-0.15, -0.1) is 0 Å². The molecule has 3 aromatic rings. The number of hydrogen-bond acceptors (Lipinski definition) is 4. The lowest BCUT2D eigenvalue weighted by Crippen LogP contribution is -2.44. The quantitative estimate of drug-likeness (QED) is 0.521. The summed E-state index contributed by atoms with van der Waals surface area (Å²) in [5.41, 5.74) is 1.64. The van der Waals surface area contributed by atoms with Crippen LogP contribution in [-0.4, -0.2) is 35.0 Å². The number of benzene rings is 3. The minimum atomic E-state index is -1.28. The summed E-state index contributed by atoms with van der Waals surface area (Å²) in [6, 6.07) is 27.0. The highest BCUT2D eigenvalue weighted by molar-refractivity contribution is 7.85. The second-order valence-corrected chi connectivity index (χ2v) is 8.56. The number of carbonyl (C=O) groups excluding carboxylic acids is 2. The number of nitrogens with one attached hydrogen (secondary N) is 1. The molecule has 0 fully saturated rings. The topological polar surface area (TPSA) is 72.5 Å². The molecule has 0 aliphatic rings. The van der Waals surface area contributed by atoms with Crippen LogP contribution < -0.4 is 5.32 Å². The normalized spacial score (nSPS) is 12.7. The number of carbonyl (C=O) groups is 2. The van der Waals surface area contributed by atoms with Gasteiger partial charge in [0.05, 0.1) is 23.8 Å². The maximum absolute atomic E-state index is 13.3. The molecule has 3 aromatic carbocycles. The first-order valence-electron chi connectivity index (χ1n) is 10.0. The van der Waals surface area contributed by atoms with Crippen LogP contribution in [0.4, 0.5) is 0 Å². The molecule has 0 unspecified atom stereocenters. The summed E-state index contributed by atoms with van der Waals surface area (Å²) in [5, 5.41) is 2.82. The lowest BCUT2D eigenvalue weighted by molar-refractivity contribution is -0.145. The molecule has 0 saturated heterocycles. The fraction of sp³-hybridized carbons (Fsp3) is 0.200. The van der Waals surface area contributed by atoms with Crippen LogP contribution >= 0.6 is 0 Å². The molecule has 0 bridgehead atoms.